The third-order valence-corrected chi connectivity index (χ3v) is 2.19. The number of aromatic nitrogens is 3. The Morgan fingerprint density at radius 1 is 0.933 bits per heavy atom. The lowest BCUT2D eigenvalue weighted by molar-refractivity contribution is 0.823. The molecule has 0 aromatic carbocycles. The summed E-state index contributed by atoms with van der Waals surface area (Å²) in [6.07, 6.45) is 5.31. The van der Waals surface area contributed by atoms with E-state index in [2.05, 4.69) is 28.8 Å². The van der Waals surface area contributed by atoms with Crippen molar-refractivity contribution in [1.82, 2.24) is 15.0 Å². The highest BCUT2D eigenvalue weighted by atomic mass is 14.9. The van der Waals surface area contributed by atoms with Crippen LogP contribution < -0.4 is 0 Å². The molecule has 3 nitrogen and oxygen atoms in total. The molecule has 2 aromatic rings. The summed E-state index contributed by atoms with van der Waals surface area (Å²) in [5.41, 5.74) is 2.07. The Morgan fingerprint density at radius 2 is 1.60 bits per heavy atom. The van der Waals surface area contributed by atoms with E-state index in [4.69, 9.17) is 0 Å². The van der Waals surface area contributed by atoms with E-state index in [9.17, 15) is 0 Å². The SMILES string of the molecule is CC(C)c1ncccc1-c1ncccn1. The Balaban J connectivity index is 2.53. The van der Waals surface area contributed by atoms with Gasteiger partial charge in [-0.1, -0.05) is 13.8 Å². The zero-order valence-corrected chi connectivity index (χ0v) is 8.88. The molecule has 0 aliphatic carbocycles. The molecule has 0 amide bonds. The predicted octanol–water partition coefficient (Wildman–Crippen LogP) is 2.66. The molecule has 3 heteroatoms. The number of pyridine rings is 1. The Kier molecular flexibility index (Phi) is 2.72. The maximum absolute atomic E-state index is 4.37. The van der Waals surface area contributed by atoms with Crippen molar-refractivity contribution in [2.75, 3.05) is 0 Å². The Bertz CT molecular complexity index is 438. The number of hydrogen-bond acceptors (Lipinski definition) is 3. The molecule has 0 atom stereocenters. The molecule has 2 aromatic heterocycles. The fourth-order valence-corrected chi connectivity index (χ4v) is 1.50. The molecular weight excluding hydrogens is 186 g/mol. The molecule has 0 aliphatic rings. The summed E-state index contributed by atoms with van der Waals surface area (Å²) in [6.45, 7) is 4.24. The highest BCUT2D eigenvalue weighted by Crippen LogP contribution is 2.23. The van der Waals surface area contributed by atoms with E-state index in [1.165, 1.54) is 0 Å². The smallest absolute Gasteiger partial charge is 0.160 e. The van der Waals surface area contributed by atoms with Crippen LogP contribution in [0.15, 0.2) is 36.8 Å². The lowest BCUT2D eigenvalue weighted by Gasteiger charge is -2.09. The second-order valence-electron chi connectivity index (χ2n) is 3.66. The quantitative estimate of drug-likeness (QED) is 0.746. The van der Waals surface area contributed by atoms with Crippen molar-refractivity contribution in [2.24, 2.45) is 0 Å². The molecule has 0 saturated carbocycles. The Morgan fingerprint density at radius 3 is 2.27 bits per heavy atom. The summed E-state index contributed by atoms with van der Waals surface area (Å²) in [5, 5.41) is 0. The summed E-state index contributed by atoms with van der Waals surface area (Å²) in [4.78, 5) is 12.9. The first kappa shape index (κ1) is 9.77. The maximum Gasteiger partial charge on any atom is 0.160 e. The monoisotopic (exact) mass is 199 g/mol. The molecule has 0 aliphatic heterocycles. The Labute approximate surface area is 89.2 Å². The predicted molar refractivity (Wildman–Crippen MR) is 59.4 cm³/mol. The van der Waals surface area contributed by atoms with Crippen molar-refractivity contribution in [3.63, 3.8) is 0 Å². The molecule has 15 heavy (non-hydrogen) atoms. The summed E-state index contributed by atoms with van der Waals surface area (Å²) in [7, 11) is 0. The zero-order valence-electron chi connectivity index (χ0n) is 8.88. The first-order chi connectivity index (χ1) is 7.29. The van der Waals surface area contributed by atoms with Crippen molar-refractivity contribution < 1.29 is 0 Å². The van der Waals surface area contributed by atoms with E-state index in [1.54, 1.807) is 12.4 Å². The van der Waals surface area contributed by atoms with Crippen LogP contribution in [0.1, 0.15) is 25.5 Å². The van der Waals surface area contributed by atoms with Crippen LogP contribution >= 0.6 is 0 Å². The molecular formula is C12H13N3. The second-order valence-corrected chi connectivity index (χ2v) is 3.66. The summed E-state index contributed by atoms with van der Waals surface area (Å²) >= 11 is 0. The summed E-state index contributed by atoms with van der Waals surface area (Å²) < 4.78 is 0. The Hall–Kier alpha value is -1.77. The minimum absolute atomic E-state index is 0.380. The molecule has 0 radical (unpaired) electrons. The standard InChI is InChI=1S/C12H13N3/c1-9(2)11-10(5-3-6-13-11)12-14-7-4-8-15-12/h3-9H,1-2H3. The molecule has 0 unspecified atom stereocenters. The van der Waals surface area contributed by atoms with Crippen LogP contribution in [-0.2, 0) is 0 Å². The largest absolute Gasteiger partial charge is 0.260 e. The third-order valence-electron chi connectivity index (χ3n) is 2.19. The lowest BCUT2D eigenvalue weighted by atomic mass is 10.0. The van der Waals surface area contributed by atoms with E-state index in [-0.39, 0.29) is 0 Å². The van der Waals surface area contributed by atoms with Crippen molar-refractivity contribution >= 4 is 0 Å². The third kappa shape index (κ3) is 2.01. The fraction of sp³-hybridized carbons (Fsp3) is 0.250. The first-order valence-electron chi connectivity index (χ1n) is 5.01. The highest BCUT2D eigenvalue weighted by molar-refractivity contribution is 5.58. The van der Waals surface area contributed by atoms with Gasteiger partial charge < -0.3 is 0 Å². The molecule has 76 valence electrons. The summed E-state index contributed by atoms with van der Waals surface area (Å²) in [6, 6.07) is 5.74. The molecule has 0 fully saturated rings. The van der Waals surface area contributed by atoms with Crippen LogP contribution in [0.3, 0.4) is 0 Å². The van der Waals surface area contributed by atoms with Gasteiger partial charge in [0.2, 0.25) is 0 Å². The van der Waals surface area contributed by atoms with Gasteiger partial charge in [-0.05, 0) is 24.1 Å². The van der Waals surface area contributed by atoms with Gasteiger partial charge in [-0.2, -0.15) is 0 Å². The molecule has 0 bridgehead atoms. The van der Waals surface area contributed by atoms with Gasteiger partial charge in [-0.15, -0.1) is 0 Å². The minimum Gasteiger partial charge on any atom is -0.260 e. The van der Waals surface area contributed by atoms with E-state index in [0.717, 1.165) is 17.1 Å². The van der Waals surface area contributed by atoms with Gasteiger partial charge in [0.05, 0.1) is 5.69 Å². The topological polar surface area (TPSA) is 38.7 Å². The van der Waals surface area contributed by atoms with Crippen LogP contribution in [0.5, 0.6) is 0 Å². The van der Waals surface area contributed by atoms with Gasteiger partial charge >= 0.3 is 0 Å². The van der Waals surface area contributed by atoms with Gasteiger partial charge in [0, 0.05) is 24.2 Å². The van der Waals surface area contributed by atoms with Crippen LogP contribution in [0.2, 0.25) is 0 Å². The molecule has 0 saturated heterocycles. The first-order valence-corrected chi connectivity index (χ1v) is 5.01. The molecule has 0 spiro atoms. The van der Waals surface area contributed by atoms with Gasteiger partial charge in [-0.3, -0.25) is 4.98 Å². The van der Waals surface area contributed by atoms with E-state index >= 15 is 0 Å². The molecule has 0 N–H and O–H groups in total. The van der Waals surface area contributed by atoms with Crippen molar-refractivity contribution in [3.8, 4) is 11.4 Å². The number of rotatable bonds is 2. The van der Waals surface area contributed by atoms with Crippen LogP contribution in [-0.4, -0.2) is 15.0 Å². The van der Waals surface area contributed by atoms with E-state index < -0.39 is 0 Å². The van der Waals surface area contributed by atoms with Gasteiger partial charge in [0.1, 0.15) is 0 Å². The lowest BCUT2D eigenvalue weighted by Crippen LogP contribution is -1.98. The molecule has 2 heterocycles. The van der Waals surface area contributed by atoms with Gasteiger partial charge in [0.15, 0.2) is 5.82 Å². The van der Waals surface area contributed by atoms with Crippen LogP contribution in [0, 0.1) is 0 Å². The fourth-order valence-electron chi connectivity index (χ4n) is 1.50. The minimum atomic E-state index is 0.380. The highest BCUT2D eigenvalue weighted by Gasteiger charge is 2.10. The van der Waals surface area contributed by atoms with Crippen molar-refractivity contribution in [2.45, 2.75) is 19.8 Å². The maximum atomic E-state index is 4.37. The van der Waals surface area contributed by atoms with Gasteiger partial charge in [-0.25, -0.2) is 9.97 Å². The zero-order chi connectivity index (χ0) is 10.7. The molecule has 2 rings (SSSR count). The van der Waals surface area contributed by atoms with Gasteiger partial charge in [0.25, 0.3) is 0 Å². The average Bonchev–Trinajstić information content (AvgIpc) is 2.30. The van der Waals surface area contributed by atoms with E-state index in [0.29, 0.717) is 5.92 Å². The van der Waals surface area contributed by atoms with Crippen LogP contribution in [0.25, 0.3) is 11.4 Å². The normalized spacial score (nSPS) is 10.6. The average molecular weight is 199 g/mol. The van der Waals surface area contributed by atoms with E-state index in [1.807, 2.05) is 24.4 Å². The van der Waals surface area contributed by atoms with Crippen molar-refractivity contribution in [1.29, 1.82) is 0 Å². The van der Waals surface area contributed by atoms with Crippen LogP contribution in [0.4, 0.5) is 0 Å². The number of nitrogens with zero attached hydrogens (tertiary/aromatic N) is 3. The number of hydrogen-bond donors (Lipinski definition) is 0. The second kappa shape index (κ2) is 4.17. The summed E-state index contributed by atoms with van der Waals surface area (Å²) in [5.74, 6) is 1.12. The van der Waals surface area contributed by atoms with Crippen molar-refractivity contribution in [3.05, 3.63) is 42.5 Å².